The first-order chi connectivity index (χ1) is 19.3. The van der Waals surface area contributed by atoms with E-state index in [1.807, 2.05) is 0 Å². The summed E-state index contributed by atoms with van der Waals surface area (Å²) in [5.74, 6) is -0.207. The molecule has 0 atom stereocenters. The second kappa shape index (κ2) is 13.7. The van der Waals surface area contributed by atoms with E-state index in [0.717, 1.165) is 0 Å². The van der Waals surface area contributed by atoms with Crippen LogP contribution in [-0.2, 0) is 14.2 Å². The van der Waals surface area contributed by atoms with Crippen LogP contribution >= 0.6 is 0 Å². The molecule has 0 aliphatic rings. The number of nitrogens with one attached hydrogen (secondary N) is 5. The number of urea groups is 1. The van der Waals surface area contributed by atoms with Crippen molar-refractivity contribution in [1.82, 2.24) is 10.6 Å². The molecule has 0 aliphatic carbocycles. The number of benzene rings is 2. The Hall–Kier alpha value is -4.81. The molecule has 2 aromatic carbocycles. The number of ether oxygens (including phenoxy) is 3. The number of hydrogen-bond acceptors (Lipinski definition) is 8. The zero-order valence-electron chi connectivity index (χ0n) is 25.4. The van der Waals surface area contributed by atoms with Crippen molar-refractivity contribution in [3.8, 4) is 0 Å². The lowest BCUT2D eigenvalue weighted by Gasteiger charge is -2.22. The molecule has 228 valence electrons. The number of amides is 5. The molecule has 42 heavy (non-hydrogen) atoms. The van der Waals surface area contributed by atoms with E-state index in [-0.39, 0.29) is 5.96 Å². The van der Waals surface area contributed by atoms with Gasteiger partial charge < -0.3 is 24.8 Å². The SMILES string of the molecule is CC(C)(C)OC(=O)NC(=Nc1ccc(NC(=O)Nc2ccc(NC(=O)OC(C)(C)C)cc2)cc1)NC(=O)OC(C)(C)C. The van der Waals surface area contributed by atoms with Crippen LogP contribution in [0.3, 0.4) is 0 Å². The highest BCUT2D eigenvalue weighted by molar-refractivity contribution is 6.03. The Kier molecular flexibility index (Phi) is 10.9. The Morgan fingerprint density at radius 2 is 0.857 bits per heavy atom. The number of rotatable bonds is 4. The van der Waals surface area contributed by atoms with E-state index in [1.54, 1.807) is 111 Å². The average Bonchev–Trinajstić information content (AvgIpc) is 2.77. The van der Waals surface area contributed by atoms with Gasteiger partial charge in [0.1, 0.15) is 16.8 Å². The fourth-order valence-corrected chi connectivity index (χ4v) is 2.99. The lowest BCUT2D eigenvalue weighted by Crippen LogP contribution is -2.47. The van der Waals surface area contributed by atoms with Crippen molar-refractivity contribution >= 4 is 53.0 Å². The average molecular weight is 585 g/mol. The monoisotopic (exact) mass is 584 g/mol. The summed E-state index contributed by atoms with van der Waals surface area (Å²) in [6.45, 7) is 15.5. The molecule has 0 fully saturated rings. The Morgan fingerprint density at radius 3 is 1.24 bits per heavy atom. The predicted octanol–water partition coefficient (Wildman–Crippen LogP) is 6.71. The van der Waals surface area contributed by atoms with E-state index in [2.05, 4.69) is 31.6 Å². The molecule has 2 aromatic rings. The minimum absolute atomic E-state index is 0.207. The summed E-state index contributed by atoms with van der Waals surface area (Å²) in [6, 6.07) is 12.3. The normalized spacial score (nSPS) is 11.4. The van der Waals surface area contributed by atoms with Crippen LogP contribution in [0.15, 0.2) is 53.5 Å². The van der Waals surface area contributed by atoms with Gasteiger partial charge in [0.05, 0.1) is 5.69 Å². The van der Waals surface area contributed by atoms with Crippen LogP contribution < -0.4 is 26.6 Å². The molecule has 0 spiro atoms. The van der Waals surface area contributed by atoms with Crippen molar-refractivity contribution in [2.45, 2.75) is 79.1 Å². The number of guanidine groups is 1. The predicted molar refractivity (Wildman–Crippen MR) is 161 cm³/mol. The smallest absolute Gasteiger partial charge is 0.414 e. The van der Waals surface area contributed by atoms with Gasteiger partial charge in [-0.1, -0.05) is 0 Å². The van der Waals surface area contributed by atoms with E-state index in [0.29, 0.717) is 22.7 Å². The summed E-state index contributed by atoms with van der Waals surface area (Å²) in [6.07, 6.45) is -2.22. The van der Waals surface area contributed by atoms with Crippen LogP contribution in [0.2, 0.25) is 0 Å². The Balaban J connectivity index is 2.03. The number of hydrogen-bond donors (Lipinski definition) is 5. The van der Waals surface area contributed by atoms with Crippen molar-refractivity contribution in [2.75, 3.05) is 16.0 Å². The Morgan fingerprint density at radius 1 is 0.524 bits per heavy atom. The first kappa shape index (κ1) is 33.4. The maximum atomic E-state index is 12.5. The number of nitrogens with zero attached hydrogens (tertiary/aromatic N) is 1. The quantitative estimate of drug-likeness (QED) is 0.151. The number of carbonyl (C=O) groups is 4. The fraction of sp³-hybridized carbons (Fsp3) is 0.414. The standard InChI is InChI=1S/C29H40N6O7/c1-27(2,3)40-24(37)33-21-16-14-20(15-17-21)32-23(36)31-19-12-10-18(11-13-19)30-22(34-25(38)41-28(4,5)6)35-26(39)42-29(7,8)9/h10-17H,1-9H3,(H,33,37)(H2,31,32,36)(H2,30,34,35,38,39). The molecule has 13 heteroatoms. The van der Waals surface area contributed by atoms with Gasteiger partial charge in [0.2, 0.25) is 5.96 Å². The first-order valence-electron chi connectivity index (χ1n) is 13.1. The van der Waals surface area contributed by atoms with Crippen molar-refractivity contribution in [1.29, 1.82) is 0 Å². The number of alkyl carbamates (subject to hydrolysis) is 2. The zero-order chi connectivity index (χ0) is 31.7. The van der Waals surface area contributed by atoms with Crippen LogP contribution in [0.4, 0.5) is 41.9 Å². The highest BCUT2D eigenvalue weighted by atomic mass is 16.6. The van der Waals surface area contributed by atoms with E-state index in [4.69, 9.17) is 14.2 Å². The van der Waals surface area contributed by atoms with Gasteiger partial charge >= 0.3 is 24.3 Å². The Bertz CT molecular complexity index is 1250. The molecular weight excluding hydrogens is 544 g/mol. The van der Waals surface area contributed by atoms with Gasteiger partial charge in [-0.05, 0) is 111 Å². The second-order valence-corrected chi connectivity index (χ2v) is 12.0. The molecule has 0 aliphatic heterocycles. The van der Waals surface area contributed by atoms with Crippen LogP contribution in [0.1, 0.15) is 62.3 Å². The second-order valence-electron chi connectivity index (χ2n) is 12.0. The van der Waals surface area contributed by atoms with E-state index >= 15 is 0 Å². The summed E-state index contributed by atoms with van der Waals surface area (Å²) in [7, 11) is 0. The van der Waals surface area contributed by atoms with Crippen molar-refractivity contribution in [2.24, 2.45) is 4.99 Å². The third-order valence-corrected chi connectivity index (χ3v) is 4.39. The third-order valence-electron chi connectivity index (χ3n) is 4.39. The molecule has 0 aromatic heterocycles. The molecular formula is C29H40N6O7. The first-order valence-corrected chi connectivity index (χ1v) is 13.1. The summed E-state index contributed by atoms with van der Waals surface area (Å²) in [5, 5.41) is 12.8. The molecule has 0 unspecified atom stereocenters. The van der Waals surface area contributed by atoms with Gasteiger partial charge in [-0.3, -0.25) is 16.0 Å². The van der Waals surface area contributed by atoms with Crippen LogP contribution in [0, 0.1) is 0 Å². The summed E-state index contributed by atoms with van der Waals surface area (Å²) < 4.78 is 15.7. The van der Waals surface area contributed by atoms with Gasteiger partial charge in [0.15, 0.2) is 0 Å². The van der Waals surface area contributed by atoms with Gasteiger partial charge in [-0.15, -0.1) is 0 Å². The third kappa shape index (κ3) is 14.0. The molecule has 2 rings (SSSR count). The van der Waals surface area contributed by atoms with E-state index in [9.17, 15) is 19.2 Å². The molecule has 5 N–H and O–H groups in total. The van der Waals surface area contributed by atoms with Crippen molar-refractivity contribution in [3.05, 3.63) is 48.5 Å². The minimum atomic E-state index is -0.819. The molecule has 0 radical (unpaired) electrons. The zero-order valence-corrected chi connectivity index (χ0v) is 25.4. The lowest BCUT2D eigenvalue weighted by molar-refractivity contribution is 0.0542. The molecule has 13 nitrogen and oxygen atoms in total. The number of anilines is 3. The van der Waals surface area contributed by atoms with Crippen LogP contribution in [0.25, 0.3) is 0 Å². The fourth-order valence-electron chi connectivity index (χ4n) is 2.99. The van der Waals surface area contributed by atoms with Crippen LogP contribution in [0.5, 0.6) is 0 Å². The number of aliphatic imine (C=N–C) groups is 1. The van der Waals surface area contributed by atoms with Gasteiger partial charge in [0, 0.05) is 17.1 Å². The van der Waals surface area contributed by atoms with Crippen molar-refractivity contribution in [3.63, 3.8) is 0 Å². The summed E-state index contributed by atoms with van der Waals surface area (Å²) in [5.41, 5.74) is -0.345. The maximum Gasteiger partial charge on any atom is 0.414 e. The summed E-state index contributed by atoms with van der Waals surface area (Å²) >= 11 is 0. The highest BCUT2D eigenvalue weighted by Crippen LogP contribution is 2.19. The minimum Gasteiger partial charge on any atom is -0.444 e. The highest BCUT2D eigenvalue weighted by Gasteiger charge is 2.21. The molecule has 0 bridgehead atoms. The van der Waals surface area contributed by atoms with Gasteiger partial charge in [0.25, 0.3) is 0 Å². The van der Waals surface area contributed by atoms with E-state index in [1.165, 1.54) is 0 Å². The Labute approximate surface area is 245 Å². The van der Waals surface area contributed by atoms with Crippen LogP contribution in [-0.4, -0.2) is 47.1 Å². The number of carbonyl (C=O) groups excluding carboxylic acids is 4. The van der Waals surface area contributed by atoms with Gasteiger partial charge in [-0.2, -0.15) is 0 Å². The molecule has 5 amide bonds. The van der Waals surface area contributed by atoms with E-state index < -0.39 is 41.1 Å². The lowest BCUT2D eigenvalue weighted by atomic mass is 10.2. The van der Waals surface area contributed by atoms with Crippen molar-refractivity contribution < 1.29 is 33.4 Å². The maximum absolute atomic E-state index is 12.5. The van der Waals surface area contributed by atoms with Gasteiger partial charge in [-0.25, -0.2) is 24.2 Å². The molecule has 0 saturated carbocycles. The largest absolute Gasteiger partial charge is 0.444 e. The molecule has 0 saturated heterocycles. The molecule has 0 heterocycles. The topological polar surface area (TPSA) is 168 Å². The summed E-state index contributed by atoms with van der Waals surface area (Å²) in [4.78, 5) is 53.2.